The Bertz CT molecular complexity index is 283. The van der Waals surface area contributed by atoms with Crippen molar-refractivity contribution < 1.29 is 0 Å². The van der Waals surface area contributed by atoms with E-state index in [4.69, 9.17) is 0 Å². The molecule has 0 fully saturated rings. The van der Waals surface area contributed by atoms with Crippen molar-refractivity contribution in [3.05, 3.63) is 16.1 Å². The third-order valence-electron chi connectivity index (χ3n) is 2.52. The van der Waals surface area contributed by atoms with E-state index >= 15 is 0 Å². The molecule has 1 heterocycles. The standard InChI is InChI=1S/C11H21N3S/c1-5-11-13-8-10(15-11)7-12-6-9(2)14(3)4/h8-9,12H,5-7H2,1-4H3. The van der Waals surface area contributed by atoms with Crippen LogP contribution in [-0.2, 0) is 13.0 Å². The Morgan fingerprint density at radius 3 is 2.80 bits per heavy atom. The van der Waals surface area contributed by atoms with Crippen molar-refractivity contribution in [1.82, 2.24) is 15.2 Å². The third-order valence-corrected chi connectivity index (χ3v) is 3.67. The lowest BCUT2D eigenvalue weighted by Gasteiger charge is -2.19. The van der Waals surface area contributed by atoms with Gasteiger partial charge in [-0.25, -0.2) is 4.98 Å². The van der Waals surface area contributed by atoms with Crippen molar-refractivity contribution in [3.63, 3.8) is 0 Å². The molecular weight excluding hydrogens is 206 g/mol. The molecule has 0 aliphatic carbocycles. The first kappa shape index (κ1) is 12.6. The molecule has 0 radical (unpaired) electrons. The Balaban J connectivity index is 2.25. The Morgan fingerprint density at radius 2 is 2.27 bits per heavy atom. The quantitative estimate of drug-likeness (QED) is 0.802. The van der Waals surface area contributed by atoms with E-state index in [1.807, 2.05) is 6.20 Å². The zero-order valence-electron chi connectivity index (χ0n) is 10.1. The molecule has 1 aromatic heterocycles. The van der Waals surface area contributed by atoms with Gasteiger partial charge in [0.1, 0.15) is 0 Å². The topological polar surface area (TPSA) is 28.2 Å². The first-order chi connectivity index (χ1) is 7.13. The fraction of sp³-hybridized carbons (Fsp3) is 0.727. The lowest BCUT2D eigenvalue weighted by atomic mass is 10.3. The van der Waals surface area contributed by atoms with Gasteiger partial charge in [-0.3, -0.25) is 0 Å². The maximum atomic E-state index is 4.34. The summed E-state index contributed by atoms with van der Waals surface area (Å²) in [6.07, 6.45) is 3.02. The SMILES string of the molecule is CCc1ncc(CNCC(C)N(C)C)s1. The van der Waals surface area contributed by atoms with E-state index in [1.54, 1.807) is 11.3 Å². The summed E-state index contributed by atoms with van der Waals surface area (Å²) in [5, 5.41) is 4.68. The van der Waals surface area contributed by atoms with Gasteiger partial charge in [0.25, 0.3) is 0 Å². The maximum absolute atomic E-state index is 4.34. The van der Waals surface area contributed by atoms with Gasteiger partial charge in [0, 0.05) is 30.2 Å². The number of aromatic nitrogens is 1. The number of rotatable bonds is 6. The average Bonchev–Trinajstić information content (AvgIpc) is 2.65. The number of thiazole rings is 1. The predicted octanol–water partition coefficient (Wildman–Crippen LogP) is 1.75. The van der Waals surface area contributed by atoms with Crippen LogP contribution in [0.5, 0.6) is 0 Å². The van der Waals surface area contributed by atoms with E-state index in [1.165, 1.54) is 9.88 Å². The molecule has 0 spiro atoms. The molecule has 0 aromatic carbocycles. The largest absolute Gasteiger partial charge is 0.310 e. The second-order valence-corrected chi connectivity index (χ2v) is 5.22. The van der Waals surface area contributed by atoms with Crippen molar-refractivity contribution in [2.45, 2.75) is 32.9 Å². The minimum atomic E-state index is 0.573. The fourth-order valence-electron chi connectivity index (χ4n) is 1.18. The van der Waals surface area contributed by atoms with Crippen LogP contribution >= 0.6 is 11.3 Å². The Labute approximate surface area is 96.5 Å². The summed E-state index contributed by atoms with van der Waals surface area (Å²) in [4.78, 5) is 7.89. The van der Waals surface area contributed by atoms with E-state index in [9.17, 15) is 0 Å². The molecule has 1 aromatic rings. The molecule has 0 saturated carbocycles. The van der Waals surface area contributed by atoms with Gasteiger partial charge in [-0.15, -0.1) is 11.3 Å². The summed E-state index contributed by atoms with van der Waals surface area (Å²) in [6, 6.07) is 0.573. The molecule has 86 valence electrons. The van der Waals surface area contributed by atoms with Crippen LogP contribution < -0.4 is 5.32 Å². The summed E-state index contributed by atoms with van der Waals surface area (Å²) < 4.78 is 0. The lowest BCUT2D eigenvalue weighted by Crippen LogP contribution is -2.34. The molecule has 1 rings (SSSR count). The van der Waals surface area contributed by atoms with Crippen molar-refractivity contribution >= 4 is 11.3 Å². The molecule has 0 aliphatic heterocycles. The van der Waals surface area contributed by atoms with Gasteiger partial charge in [0.15, 0.2) is 0 Å². The van der Waals surface area contributed by atoms with Gasteiger partial charge >= 0.3 is 0 Å². The van der Waals surface area contributed by atoms with Crippen molar-refractivity contribution in [2.24, 2.45) is 0 Å². The number of nitrogens with zero attached hydrogens (tertiary/aromatic N) is 2. The average molecular weight is 227 g/mol. The minimum Gasteiger partial charge on any atom is -0.310 e. The monoisotopic (exact) mass is 227 g/mol. The van der Waals surface area contributed by atoms with Gasteiger partial charge in [-0.2, -0.15) is 0 Å². The van der Waals surface area contributed by atoms with Gasteiger partial charge in [-0.1, -0.05) is 6.92 Å². The highest BCUT2D eigenvalue weighted by molar-refractivity contribution is 7.11. The van der Waals surface area contributed by atoms with E-state index < -0.39 is 0 Å². The molecule has 1 N–H and O–H groups in total. The number of nitrogens with one attached hydrogen (secondary N) is 1. The molecule has 0 saturated heterocycles. The molecular formula is C11H21N3S. The second kappa shape index (κ2) is 6.20. The zero-order valence-corrected chi connectivity index (χ0v) is 10.9. The van der Waals surface area contributed by atoms with Crippen molar-refractivity contribution in [3.8, 4) is 0 Å². The van der Waals surface area contributed by atoms with Gasteiger partial charge in [0.2, 0.25) is 0 Å². The third kappa shape index (κ3) is 4.28. The smallest absolute Gasteiger partial charge is 0.0925 e. The van der Waals surface area contributed by atoms with Crippen LogP contribution in [0.3, 0.4) is 0 Å². The van der Waals surface area contributed by atoms with E-state index in [0.29, 0.717) is 6.04 Å². The first-order valence-electron chi connectivity index (χ1n) is 5.44. The number of hydrogen-bond acceptors (Lipinski definition) is 4. The number of aryl methyl sites for hydroxylation is 1. The number of hydrogen-bond donors (Lipinski definition) is 1. The predicted molar refractivity (Wildman–Crippen MR) is 66.3 cm³/mol. The highest BCUT2D eigenvalue weighted by Gasteiger charge is 2.04. The van der Waals surface area contributed by atoms with E-state index in [2.05, 4.69) is 43.1 Å². The van der Waals surface area contributed by atoms with Crippen LogP contribution in [0.1, 0.15) is 23.7 Å². The highest BCUT2D eigenvalue weighted by Crippen LogP contribution is 2.12. The molecule has 4 heteroatoms. The highest BCUT2D eigenvalue weighted by atomic mass is 32.1. The van der Waals surface area contributed by atoms with Crippen LogP contribution in [0.15, 0.2) is 6.20 Å². The summed E-state index contributed by atoms with van der Waals surface area (Å²) in [5.41, 5.74) is 0. The van der Waals surface area contributed by atoms with Crippen molar-refractivity contribution in [1.29, 1.82) is 0 Å². The lowest BCUT2D eigenvalue weighted by molar-refractivity contribution is 0.303. The second-order valence-electron chi connectivity index (χ2n) is 4.02. The van der Waals surface area contributed by atoms with Crippen LogP contribution in [0.4, 0.5) is 0 Å². The van der Waals surface area contributed by atoms with E-state index in [0.717, 1.165) is 19.5 Å². The first-order valence-corrected chi connectivity index (χ1v) is 6.25. The molecule has 3 nitrogen and oxygen atoms in total. The molecule has 0 aliphatic rings. The van der Waals surface area contributed by atoms with Crippen LogP contribution in [0.2, 0.25) is 0 Å². The van der Waals surface area contributed by atoms with Crippen LogP contribution in [0.25, 0.3) is 0 Å². The van der Waals surface area contributed by atoms with E-state index in [-0.39, 0.29) is 0 Å². The minimum absolute atomic E-state index is 0.573. The molecule has 0 bridgehead atoms. The number of likely N-dealkylation sites (N-methyl/N-ethyl adjacent to an activating group) is 1. The van der Waals surface area contributed by atoms with Gasteiger partial charge in [-0.05, 0) is 27.4 Å². The van der Waals surface area contributed by atoms with Crippen LogP contribution in [-0.4, -0.2) is 36.6 Å². The Kier molecular flexibility index (Phi) is 5.22. The molecule has 15 heavy (non-hydrogen) atoms. The molecule has 1 unspecified atom stereocenters. The van der Waals surface area contributed by atoms with Gasteiger partial charge < -0.3 is 10.2 Å². The summed E-state index contributed by atoms with van der Waals surface area (Å²) in [6.45, 7) is 6.32. The summed E-state index contributed by atoms with van der Waals surface area (Å²) in [5.74, 6) is 0. The maximum Gasteiger partial charge on any atom is 0.0925 e. The molecule has 0 amide bonds. The Morgan fingerprint density at radius 1 is 1.53 bits per heavy atom. The fourth-order valence-corrected chi connectivity index (χ4v) is 2.01. The molecule has 1 atom stereocenters. The van der Waals surface area contributed by atoms with Crippen molar-refractivity contribution in [2.75, 3.05) is 20.6 Å². The van der Waals surface area contributed by atoms with Crippen LogP contribution in [0, 0.1) is 0 Å². The Hall–Kier alpha value is -0.450. The van der Waals surface area contributed by atoms with Gasteiger partial charge in [0.05, 0.1) is 5.01 Å². The normalized spacial score (nSPS) is 13.4. The summed E-state index contributed by atoms with van der Waals surface area (Å²) >= 11 is 1.81. The zero-order chi connectivity index (χ0) is 11.3. The summed E-state index contributed by atoms with van der Waals surface area (Å²) in [7, 11) is 4.21.